The molecule has 1 unspecified atom stereocenters. The van der Waals surface area contributed by atoms with Crippen LogP contribution in [0.25, 0.3) is 0 Å². The van der Waals surface area contributed by atoms with E-state index in [1.54, 1.807) is 6.07 Å². The standard InChI is InChI=1S/C10H13FN2S/c11-7-3-8(12)5-10(4-7)13-9-1-2-14-6-9/h3-5,9,13H,1-2,6,12H2. The van der Waals surface area contributed by atoms with E-state index in [0.717, 1.165) is 17.9 Å². The lowest BCUT2D eigenvalue weighted by molar-refractivity contribution is 0.628. The van der Waals surface area contributed by atoms with Crippen LogP contribution in [0, 0.1) is 5.82 Å². The Labute approximate surface area is 87.1 Å². The van der Waals surface area contributed by atoms with Crippen LogP contribution < -0.4 is 11.1 Å². The van der Waals surface area contributed by atoms with E-state index in [2.05, 4.69) is 5.32 Å². The predicted octanol–water partition coefficient (Wildman–Crippen LogP) is 2.33. The number of nitrogen functional groups attached to an aromatic ring is 1. The fourth-order valence-corrected chi connectivity index (χ4v) is 2.73. The number of hydrogen-bond acceptors (Lipinski definition) is 3. The Morgan fingerprint density at radius 2 is 2.29 bits per heavy atom. The highest BCUT2D eigenvalue weighted by molar-refractivity contribution is 7.99. The predicted molar refractivity (Wildman–Crippen MR) is 60.2 cm³/mol. The van der Waals surface area contributed by atoms with Crippen molar-refractivity contribution in [1.29, 1.82) is 0 Å². The second kappa shape index (κ2) is 4.09. The van der Waals surface area contributed by atoms with Gasteiger partial charge in [0, 0.05) is 23.2 Å². The van der Waals surface area contributed by atoms with Gasteiger partial charge < -0.3 is 11.1 Å². The smallest absolute Gasteiger partial charge is 0.127 e. The van der Waals surface area contributed by atoms with Gasteiger partial charge in [-0.2, -0.15) is 11.8 Å². The number of nitrogens with two attached hydrogens (primary N) is 1. The average molecular weight is 212 g/mol. The summed E-state index contributed by atoms with van der Waals surface area (Å²) in [5, 5.41) is 3.28. The van der Waals surface area contributed by atoms with E-state index in [-0.39, 0.29) is 5.82 Å². The Morgan fingerprint density at radius 1 is 1.43 bits per heavy atom. The van der Waals surface area contributed by atoms with Crippen LogP contribution in [0.3, 0.4) is 0 Å². The molecule has 2 nitrogen and oxygen atoms in total. The number of halogens is 1. The van der Waals surface area contributed by atoms with E-state index >= 15 is 0 Å². The van der Waals surface area contributed by atoms with Crippen LogP contribution in [0.2, 0.25) is 0 Å². The monoisotopic (exact) mass is 212 g/mol. The van der Waals surface area contributed by atoms with Crippen molar-refractivity contribution in [3.63, 3.8) is 0 Å². The highest BCUT2D eigenvalue weighted by Gasteiger charge is 2.15. The zero-order chi connectivity index (χ0) is 9.97. The first kappa shape index (κ1) is 9.65. The summed E-state index contributed by atoms with van der Waals surface area (Å²) in [6.07, 6.45) is 1.14. The van der Waals surface area contributed by atoms with Crippen molar-refractivity contribution in [3.05, 3.63) is 24.0 Å². The van der Waals surface area contributed by atoms with Crippen LogP contribution >= 0.6 is 11.8 Å². The summed E-state index contributed by atoms with van der Waals surface area (Å²) in [7, 11) is 0. The van der Waals surface area contributed by atoms with Gasteiger partial charge in [0.05, 0.1) is 0 Å². The van der Waals surface area contributed by atoms with Crippen molar-refractivity contribution in [2.24, 2.45) is 0 Å². The Kier molecular flexibility index (Phi) is 2.82. The molecular formula is C10H13FN2S. The molecule has 1 heterocycles. The summed E-state index contributed by atoms with van der Waals surface area (Å²) in [4.78, 5) is 0. The summed E-state index contributed by atoms with van der Waals surface area (Å²) in [5.41, 5.74) is 6.81. The first-order valence-corrected chi connectivity index (χ1v) is 5.80. The molecule has 76 valence electrons. The van der Waals surface area contributed by atoms with Crippen LogP contribution in [0.1, 0.15) is 6.42 Å². The summed E-state index contributed by atoms with van der Waals surface area (Å²) in [6, 6.07) is 5.04. The molecular weight excluding hydrogens is 199 g/mol. The second-order valence-corrected chi connectivity index (χ2v) is 4.63. The van der Waals surface area contributed by atoms with E-state index in [1.165, 1.54) is 17.9 Å². The molecule has 3 N–H and O–H groups in total. The molecule has 0 aromatic heterocycles. The van der Waals surface area contributed by atoms with Gasteiger partial charge in [0.1, 0.15) is 5.82 Å². The average Bonchev–Trinajstić information content (AvgIpc) is 2.54. The van der Waals surface area contributed by atoms with E-state index in [1.807, 2.05) is 11.8 Å². The largest absolute Gasteiger partial charge is 0.399 e. The van der Waals surface area contributed by atoms with Gasteiger partial charge in [-0.15, -0.1) is 0 Å². The lowest BCUT2D eigenvalue weighted by Crippen LogP contribution is -2.18. The number of rotatable bonds is 2. The molecule has 0 saturated carbocycles. The fourth-order valence-electron chi connectivity index (χ4n) is 1.58. The highest BCUT2D eigenvalue weighted by Crippen LogP contribution is 2.23. The number of benzene rings is 1. The minimum atomic E-state index is -0.279. The number of hydrogen-bond donors (Lipinski definition) is 2. The molecule has 1 aliphatic heterocycles. The molecule has 2 rings (SSSR count). The summed E-state index contributed by atoms with van der Waals surface area (Å²) in [5.74, 6) is 2.00. The number of nitrogens with one attached hydrogen (secondary N) is 1. The summed E-state index contributed by atoms with van der Waals surface area (Å²) in [6.45, 7) is 0. The molecule has 1 aromatic rings. The van der Waals surface area contributed by atoms with Gasteiger partial charge in [-0.1, -0.05) is 0 Å². The minimum Gasteiger partial charge on any atom is -0.399 e. The molecule has 14 heavy (non-hydrogen) atoms. The van der Waals surface area contributed by atoms with Crippen LogP contribution in [0.4, 0.5) is 15.8 Å². The molecule has 1 aliphatic rings. The first-order chi connectivity index (χ1) is 6.74. The van der Waals surface area contributed by atoms with E-state index in [9.17, 15) is 4.39 Å². The van der Waals surface area contributed by atoms with E-state index in [4.69, 9.17) is 5.73 Å². The van der Waals surface area contributed by atoms with Crippen molar-refractivity contribution >= 4 is 23.1 Å². The molecule has 0 bridgehead atoms. The highest BCUT2D eigenvalue weighted by atomic mass is 32.2. The molecule has 1 fully saturated rings. The zero-order valence-electron chi connectivity index (χ0n) is 7.79. The third kappa shape index (κ3) is 2.32. The van der Waals surface area contributed by atoms with E-state index < -0.39 is 0 Å². The third-order valence-electron chi connectivity index (χ3n) is 2.22. The second-order valence-electron chi connectivity index (χ2n) is 3.48. The van der Waals surface area contributed by atoms with E-state index in [0.29, 0.717) is 11.7 Å². The van der Waals surface area contributed by atoms with Crippen molar-refractivity contribution in [1.82, 2.24) is 0 Å². The molecule has 4 heteroatoms. The Bertz CT molecular complexity index is 304. The maximum Gasteiger partial charge on any atom is 0.127 e. The summed E-state index contributed by atoms with van der Waals surface area (Å²) < 4.78 is 13.0. The van der Waals surface area contributed by atoms with Gasteiger partial charge in [0.25, 0.3) is 0 Å². The maximum atomic E-state index is 13.0. The van der Waals surface area contributed by atoms with Crippen LogP contribution in [0.15, 0.2) is 18.2 Å². The SMILES string of the molecule is Nc1cc(F)cc(NC2CCSC2)c1. The topological polar surface area (TPSA) is 38.0 Å². The van der Waals surface area contributed by atoms with Gasteiger partial charge in [0.15, 0.2) is 0 Å². The fraction of sp³-hybridized carbons (Fsp3) is 0.400. The molecule has 1 atom stereocenters. The van der Waals surface area contributed by atoms with Gasteiger partial charge in [-0.3, -0.25) is 0 Å². The van der Waals surface area contributed by atoms with Gasteiger partial charge in [-0.05, 0) is 30.4 Å². The number of thioether (sulfide) groups is 1. The Balaban J connectivity index is 2.07. The maximum absolute atomic E-state index is 13.0. The molecule has 0 spiro atoms. The zero-order valence-corrected chi connectivity index (χ0v) is 8.61. The van der Waals surface area contributed by atoms with Crippen LogP contribution in [0.5, 0.6) is 0 Å². The minimum absolute atomic E-state index is 0.279. The normalized spacial score (nSPS) is 21.1. The van der Waals surface area contributed by atoms with Crippen molar-refractivity contribution in [2.75, 3.05) is 22.6 Å². The molecule has 1 aromatic carbocycles. The first-order valence-electron chi connectivity index (χ1n) is 4.64. The Morgan fingerprint density at radius 3 is 2.93 bits per heavy atom. The van der Waals surface area contributed by atoms with Crippen molar-refractivity contribution in [2.45, 2.75) is 12.5 Å². The third-order valence-corrected chi connectivity index (χ3v) is 3.38. The molecule has 0 aliphatic carbocycles. The lowest BCUT2D eigenvalue weighted by Gasteiger charge is -2.13. The van der Waals surface area contributed by atoms with Gasteiger partial charge >= 0.3 is 0 Å². The van der Waals surface area contributed by atoms with Gasteiger partial charge in [-0.25, -0.2) is 4.39 Å². The van der Waals surface area contributed by atoms with Crippen LogP contribution in [-0.2, 0) is 0 Å². The molecule has 0 radical (unpaired) electrons. The lowest BCUT2D eigenvalue weighted by atomic mass is 10.2. The summed E-state index contributed by atoms with van der Waals surface area (Å²) >= 11 is 1.92. The quantitative estimate of drug-likeness (QED) is 0.739. The van der Waals surface area contributed by atoms with Crippen LogP contribution in [-0.4, -0.2) is 17.5 Å². The molecule has 0 amide bonds. The Hall–Kier alpha value is -0.900. The number of anilines is 2. The molecule has 1 saturated heterocycles. The van der Waals surface area contributed by atoms with Crippen molar-refractivity contribution in [3.8, 4) is 0 Å². The van der Waals surface area contributed by atoms with Gasteiger partial charge in [0.2, 0.25) is 0 Å². The van der Waals surface area contributed by atoms with Crippen molar-refractivity contribution < 1.29 is 4.39 Å².